The van der Waals surface area contributed by atoms with Crippen LogP contribution in [0.3, 0.4) is 0 Å². The monoisotopic (exact) mass is 522 g/mol. The molecular weight excluding hydrogens is 492 g/mol. The number of nitrogens with one attached hydrogen (secondary N) is 1. The molecule has 0 saturated heterocycles. The van der Waals surface area contributed by atoms with Crippen LogP contribution in [-0.4, -0.2) is 40.8 Å². The van der Waals surface area contributed by atoms with Gasteiger partial charge in [0.05, 0.1) is 30.8 Å². The van der Waals surface area contributed by atoms with Gasteiger partial charge in [0.1, 0.15) is 0 Å². The van der Waals surface area contributed by atoms with Gasteiger partial charge >= 0.3 is 0 Å². The molecule has 39 heavy (non-hydrogen) atoms. The van der Waals surface area contributed by atoms with E-state index in [1.54, 1.807) is 18.8 Å². The summed E-state index contributed by atoms with van der Waals surface area (Å²) in [5.41, 5.74) is 4.89. The van der Waals surface area contributed by atoms with Crippen LogP contribution >= 0.6 is 0 Å². The predicted octanol–water partition coefficient (Wildman–Crippen LogP) is 4.34. The second-order valence-electron chi connectivity index (χ2n) is 9.69. The Morgan fingerprint density at radius 2 is 1.74 bits per heavy atom. The average molecular weight is 523 g/mol. The van der Waals surface area contributed by atoms with E-state index in [0.717, 1.165) is 28.6 Å². The fraction of sp³-hybridized carbons (Fsp3) is 0.258. The van der Waals surface area contributed by atoms with Crippen molar-refractivity contribution in [2.45, 2.75) is 32.4 Å². The standard InChI is InChI=1S/C31H30N4O4/c1-38-26-12-11-20(19-27(26)39-2)13-16-32-28(36)15-18-34-25-10-6-4-7-21(25)22-14-17-35-30(29(22)34)33-24-9-5-3-8-23(24)31(35)37/h3-12,19H,13-18H2,1-2H3,(H,32,36). The van der Waals surface area contributed by atoms with Crippen molar-refractivity contribution in [1.29, 1.82) is 0 Å². The van der Waals surface area contributed by atoms with Crippen LogP contribution in [0.15, 0.2) is 71.5 Å². The van der Waals surface area contributed by atoms with E-state index in [0.29, 0.717) is 60.7 Å². The molecule has 3 aromatic carbocycles. The van der Waals surface area contributed by atoms with E-state index < -0.39 is 0 Å². The summed E-state index contributed by atoms with van der Waals surface area (Å²) in [7, 11) is 3.22. The highest BCUT2D eigenvalue weighted by molar-refractivity contribution is 5.92. The molecule has 0 fully saturated rings. The molecule has 1 aliphatic heterocycles. The Morgan fingerprint density at radius 1 is 0.974 bits per heavy atom. The van der Waals surface area contributed by atoms with Gasteiger partial charge in [-0.25, -0.2) is 4.98 Å². The molecule has 0 spiro atoms. The molecule has 0 aliphatic carbocycles. The summed E-state index contributed by atoms with van der Waals surface area (Å²) in [6, 6.07) is 21.5. The van der Waals surface area contributed by atoms with E-state index >= 15 is 0 Å². The molecule has 3 heterocycles. The molecule has 2 aromatic heterocycles. The van der Waals surface area contributed by atoms with Crippen LogP contribution in [0.25, 0.3) is 33.3 Å². The number of amides is 1. The highest BCUT2D eigenvalue weighted by Gasteiger charge is 2.27. The van der Waals surface area contributed by atoms with Gasteiger partial charge in [-0.15, -0.1) is 0 Å². The Bertz CT molecular complexity index is 1770. The number of methoxy groups -OCH3 is 2. The van der Waals surface area contributed by atoms with Gasteiger partial charge in [0.15, 0.2) is 17.3 Å². The minimum absolute atomic E-state index is 0.0223. The van der Waals surface area contributed by atoms with Gasteiger partial charge in [0.25, 0.3) is 5.56 Å². The normalized spacial score (nSPS) is 12.3. The second-order valence-corrected chi connectivity index (χ2v) is 9.69. The summed E-state index contributed by atoms with van der Waals surface area (Å²) >= 11 is 0. The van der Waals surface area contributed by atoms with Crippen molar-refractivity contribution in [1.82, 2.24) is 19.4 Å². The molecule has 8 nitrogen and oxygen atoms in total. The van der Waals surface area contributed by atoms with E-state index in [1.807, 2.05) is 54.6 Å². The first-order valence-electron chi connectivity index (χ1n) is 13.2. The second kappa shape index (κ2) is 10.3. The topological polar surface area (TPSA) is 87.4 Å². The summed E-state index contributed by atoms with van der Waals surface area (Å²) in [4.78, 5) is 31.1. The summed E-state index contributed by atoms with van der Waals surface area (Å²) in [6.07, 6.45) is 1.74. The van der Waals surface area contributed by atoms with Crippen molar-refractivity contribution in [2.75, 3.05) is 20.8 Å². The van der Waals surface area contributed by atoms with E-state index in [1.165, 1.54) is 5.56 Å². The third kappa shape index (κ3) is 4.41. The van der Waals surface area contributed by atoms with E-state index in [4.69, 9.17) is 14.5 Å². The SMILES string of the molecule is COc1ccc(CCNC(=O)CCn2c3c(c4ccccc42)CCn2c-3nc3ccccc3c2=O)cc1OC. The Kier molecular flexibility index (Phi) is 6.52. The number of ether oxygens (including phenoxy) is 2. The van der Waals surface area contributed by atoms with Gasteiger partial charge in [0.2, 0.25) is 5.91 Å². The molecule has 0 unspecified atom stereocenters. The molecule has 198 valence electrons. The van der Waals surface area contributed by atoms with Gasteiger partial charge < -0.3 is 19.4 Å². The van der Waals surface area contributed by atoms with Crippen LogP contribution in [0.1, 0.15) is 17.5 Å². The number of carbonyl (C=O) groups is 1. The number of aromatic nitrogens is 3. The lowest BCUT2D eigenvalue weighted by Crippen LogP contribution is -2.29. The number of carbonyl (C=O) groups excluding carboxylic acids is 1. The lowest BCUT2D eigenvalue weighted by atomic mass is 10.0. The maximum Gasteiger partial charge on any atom is 0.261 e. The highest BCUT2D eigenvalue weighted by atomic mass is 16.5. The van der Waals surface area contributed by atoms with Gasteiger partial charge in [-0.3, -0.25) is 14.2 Å². The van der Waals surface area contributed by atoms with Gasteiger partial charge in [-0.1, -0.05) is 36.4 Å². The summed E-state index contributed by atoms with van der Waals surface area (Å²) in [6.45, 7) is 1.59. The Morgan fingerprint density at radius 3 is 2.56 bits per heavy atom. The first-order chi connectivity index (χ1) is 19.1. The van der Waals surface area contributed by atoms with Gasteiger partial charge in [-0.05, 0) is 54.3 Å². The number of benzene rings is 3. The van der Waals surface area contributed by atoms with Crippen LogP contribution in [-0.2, 0) is 30.7 Å². The zero-order valence-electron chi connectivity index (χ0n) is 22.1. The Labute approximate surface area is 225 Å². The largest absolute Gasteiger partial charge is 0.493 e. The minimum atomic E-state index is -0.0262. The molecule has 6 rings (SSSR count). The number of fused-ring (bicyclic) bond motifs is 6. The number of rotatable bonds is 8. The van der Waals surface area contributed by atoms with Crippen LogP contribution in [0.4, 0.5) is 0 Å². The van der Waals surface area contributed by atoms with Crippen molar-refractivity contribution in [3.05, 3.63) is 88.2 Å². The zero-order valence-corrected chi connectivity index (χ0v) is 22.1. The summed E-state index contributed by atoms with van der Waals surface area (Å²) in [5.74, 6) is 2.00. The number of hydrogen-bond acceptors (Lipinski definition) is 5. The maximum atomic E-state index is 13.3. The first kappa shape index (κ1) is 24.7. The number of nitrogens with zero attached hydrogens (tertiary/aromatic N) is 3. The maximum absolute atomic E-state index is 13.3. The van der Waals surface area contributed by atoms with Gasteiger partial charge in [0, 0.05) is 37.0 Å². The third-order valence-electron chi connectivity index (χ3n) is 7.48. The van der Waals surface area contributed by atoms with Crippen molar-refractivity contribution in [2.24, 2.45) is 0 Å². The van der Waals surface area contributed by atoms with Crippen molar-refractivity contribution >= 4 is 27.7 Å². The van der Waals surface area contributed by atoms with E-state index in [9.17, 15) is 9.59 Å². The average Bonchev–Trinajstić information content (AvgIpc) is 3.30. The first-order valence-corrected chi connectivity index (χ1v) is 13.2. The lowest BCUT2D eigenvalue weighted by molar-refractivity contribution is -0.121. The van der Waals surface area contributed by atoms with Gasteiger partial charge in [-0.2, -0.15) is 0 Å². The summed E-state index contributed by atoms with van der Waals surface area (Å²) in [5, 5.41) is 4.82. The molecule has 1 aliphatic rings. The Balaban J connectivity index is 1.24. The van der Waals surface area contributed by atoms with Crippen LogP contribution < -0.4 is 20.3 Å². The van der Waals surface area contributed by atoms with Crippen LogP contribution in [0.5, 0.6) is 11.5 Å². The fourth-order valence-electron chi connectivity index (χ4n) is 5.58. The molecule has 0 saturated carbocycles. The molecule has 0 radical (unpaired) electrons. The molecule has 1 amide bonds. The van der Waals surface area contributed by atoms with E-state index in [-0.39, 0.29) is 11.5 Å². The molecule has 0 bridgehead atoms. The molecule has 8 heteroatoms. The molecular formula is C31H30N4O4. The molecule has 0 atom stereocenters. The van der Waals surface area contributed by atoms with Crippen LogP contribution in [0, 0.1) is 0 Å². The zero-order chi connectivity index (χ0) is 26.9. The third-order valence-corrected chi connectivity index (χ3v) is 7.48. The number of aryl methyl sites for hydroxylation is 2. The number of para-hydroxylation sites is 2. The smallest absolute Gasteiger partial charge is 0.261 e. The van der Waals surface area contributed by atoms with Crippen molar-refractivity contribution in [3.63, 3.8) is 0 Å². The van der Waals surface area contributed by atoms with Crippen molar-refractivity contribution < 1.29 is 14.3 Å². The molecule has 1 N–H and O–H groups in total. The summed E-state index contributed by atoms with van der Waals surface area (Å²) < 4.78 is 14.6. The van der Waals surface area contributed by atoms with Crippen LogP contribution in [0.2, 0.25) is 0 Å². The van der Waals surface area contributed by atoms with Crippen molar-refractivity contribution in [3.8, 4) is 23.0 Å². The quantitative estimate of drug-likeness (QED) is 0.328. The highest BCUT2D eigenvalue weighted by Crippen LogP contribution is 2.36. The Hall–Kier alpha value is -4.59. The molecule has 5 aromatic rings. The fourth-order valence-corrected chi connectivity index (χ4v) is 5.58. The number of hydrogen-bond donors (Lipinski definition) is 1. The van der Waals surface area contributed by atoms with E-state index in [2.05, 4.69) is 22.0 Å². The lowest BCUT2D eigenvalue weighted by Gasteiger charge is -2.21. The predicted molar refractivity (Wildman–Crippen MR) is 152 cm³/mol. The minimum Gasteiger partial charge on any atom is -0.493 e.